The van der Waals surface area contributed by atoms with E-state index >= 15 is 0 Å². The van der Waals surface area contributed by atoms with Crippen LogP contribution in [0.1, 0.15) is 34.1 Å². The number of hydrogen-bond donors (Lipinski definition) is 0. The predicted molar refractivity (Wildman–Crippen MR) is 152 cm³/mol. The van der Waals surface area contributed by atoms with E-state index < -0.39 is 13.7 Å². The van der Waals surface area contributed by atoms with Gasteiger partial charge in [-0.1, -0.05) is 20.8 Å². The maximum atomic E-state index is 12.7. The first-order chi connectivity index (χ1) is 17.6. The van der Waals surface area contributed by atoms with Gasteiger partial charge in [0.05, 0.1) is 13.2 Å². The van der Waals surface area contributed by atoms with Crippen molar-refractivity contribution in [2.45, 2.75) is 53.3 Å². The van der Waals surface area contributed by atoms with Crippen molar-refractivity contribution >= 4 is 14.2 Å². The number of amides is 1. The molecular formula is C32H31NO3Si. The summed E-state index contributed by atoms with van der Waals surface area (Å²) < 4.78 is 11.6. The Morgan fingerprint density at radius 3 is 1.68 bits per heavy atom. The molecule has 0 spiro atoms. The van der Waals surface area contributed by atoms with E-state index in [1.54, 1.807) is 0 Å². The van der Waals surface area contributed by atoms with Crippen LogP contribution in [0.4, 0.5) is 0 Å². The van der Waals surface area contributed by atoms with E-state index in [1.165, 1.54) is 4.90 Å². The molecule has 1 amide bonds. The Kier molecular flexibility index (Phi) is 17.6. The summed E-state index contributed by atoms with van der Waals surface area (Å²) in [6, 6.07) is 3.84. The zero-order chi connectivity index (χ0) is 27.8. The van der Waals surface area contributed by atoms with Gasteiger partial charge in [0.15, 0.2) is 8.32 Å². The van der Waals surface area contributed by atoms with E-state index in [9.17, 15) is 4.79 Å². The molecule has 0 radical (unpaired) electrons. The van der Waals surface area contributed by atoms with Crippen LogP contribution in [0.25, 0.3) is 0 Å². The third kappa shape index (κ3) is 19.6. The molecule has 0 heterocycles. The van der Waals surface area contributed by atoms with Gasteiger partial charge in [-0.3, -0.25) is 9.69 Å². The first-order valence-corrected chi connectivity index (χ1v) is 14.8. The fourth-order valence-corrected chi connectivity index (χ4v) is 4.39. The van der Waals surface area contributed by atoms with Crippen LogP contribution in [-0.4, -0.2) is 45.5 Å². The Labute approximate surface area is 225 Å². The van der Waals surface area contributed by atoms with Crippen LogP contribution in [0.3, 0.4) is 0 Å². The molecule has 0 aliphatic carbocycles. The Balaban J connectivity index is 4.84. The number of terminal acetylenes is 1. The molecule has 186 valence electrons. The fraction of sp³-hybridized carbons (Fsp3) is 0.406. The van der Waals surface area contributed by atoms with Gasteiger partial charge in [-0.05, 0) is 79.8 Å². The molecule has 0 rings (SSSR count). The van der Waals surface area contributed by atoms with Crippen LogP contribution < -0.4 is 0 Å². The molecule has 0 saturated carbocycles. The van der Waals surface area contributed by atoms with Crippen LogP contribution in [0.5, 0.6) is 0 Å². The van der Waals surface area contributed by atoms with E-state index in [0.717, 1.165) is 19.1 Å². The summed E-state index contributed by atoms with van der Waals surface area (Å²) in [7, 11) is -1.60. The van der Waals surface area contributed by atoms with Gasteiger partial charge in [-0.25, -0.2) is 0 Å². The van der Waals surface area contributed by atoms with E-state index in [1.807, 2.05) is 27.7 Å². The second kappa shape index (κ2) is 19.9. The van der Waals surface area contributed by atoms with Gasteiger partial charge in [0.2, 0.25) is 5.91 Å². The maximum absolute atomic E-state index is 12.7. The summed E-state index contributed by atoms with van der Waals surface area (Å²) in [6.07, 6.45) is 5.88. The van der Waals surface area contributed by atoms with Gasteiger partial charge in [-0.2, -0.15) is 0 Å². The van der Waals surface area contributed by atoms with Gasteiger partial charge in [0.1, 0.15) is 0 Å². The Morgan fingerprint density at radius 1 is 0.784 bits per heavy atom. The molecule has 4 nitrogen and oxygen atoms in total. The van der Waals surface area contributed by atoms with Crippen LogP contribution in [0.15, 0.2) is 0 Å². The van der Waals surface area contributed by atoms with Crippen molar-refractivity contribution in [3.8, 4) is 107 Å². The highest BCUT2D eigenvalue weighted by molar-refractivity contribution is 6.71. The highest BCUT2D eigenvalue weighted by atomic mass is 28.4. The van der Waals surface area contributed by atoms with Gasteiger partial charge >= 0.3 is 0 Å². The summed E-state index contributed by atoms with van der Waals surface area (Å²) in [5, 5.41) is 0. The van der Waals surface area contributed by atoms with E-state index in [0.29, 0.717) is 19.8 Å². The molecule has 0 aromatic heterocycles. The van der Waals surface area contributed by atoms with Crippen molar-refractivity contribution in [3.63, 3.8) is 0 Å². The lowest BCUT2D eigenvalue weighted by molar-refractivity contribution is -0.136. The molecule has 5 heteroatoms. The monoisotopic (exact) mass is 505 g/mol. The van der Waals surface area contributed by atoms with E-state index in [-0.39, 0.29) is 5.91 Å². The number of carbonyl (C=O) groups excluding carboxylic acids is 1. The molecule has 0 saturated heterocycles. The largest absolute Gasteiger partial charge is 0.418 e. The minimum absolute atomic E-state index is 0.0969. The zero-order valence-corrected chi connectivity index (χ0v) is 23.5. The van der Waals surface area contributed by atoms with Crippen LogP contribution in [-0.2, 0) is 14.0 Å². The fourth-order valence-electron chi connectivity index (χ4n) is 2.47. The van der Waals surface area contributed by atoms with Gasteiger partial charge in [0.25, 0.3) is 0 Å². The van der Waals surface area contributed by atoms with Gasteiger partial charge in [0, 0.05) is 72.0 Å². The first kappa shape index (κ1) is 32.6. The number of carbonyl (C=O) groups is 1. The highest BCUT2D eigenvalue weighted by Crippen LogP contribution is 2.17. The topological polar surface area (TPSA) is 38.8 Å². The number of ether oxygens (including phenoxy) is 1. The molecule has 0 aliphatic heterocycles. The molecule has 0 aromatic rings. The molecule has 0 bridgehead atoms. The minimum Gasteiger partial charge on any atom is -0.418 e. The van der Waals surface area contributed by atoms with Crippen molar-refractivity contribution in [1.82, 2.24) is 4.90 Å². The third-order valence-corrected chi connectivity index (χ3v) is 6.71. The summed E-state index contributed by atoms with van der Waals surface area (Å²) in [5.41, 5.74) is -0.571. The molecule has 0 fully saturated rings. The minimum atomic E-state index is -1.60. The van der Waals surface area contributed by atoms with Crippen molar-refractivity contribution in [2.75, 3.05) is 26.4 Å². The first-order valence-electron chi connectivity index (χ1n) is 11.6. The quantitative estimate of drug-likeness (QED) is 0.209. The molecule has 37 heavy (non-hydrogen) atoms. The SMILES string of the molecule is C#CC#CC#CC#CC#CC#CC#CC#CC#CN(CCOCCC[Si](C)(C)OCC)C(=O)C(C)(C)C. The van der Waals surface area contributed by atoms with Crippen LogP contribution in [0.2, 0.25) is 19.1 Å². The number of rotatable bonds is 9. The maximum Gasteiger partial charge on any atom is 0.239 e. The normalized spacial score (nSPS) is 8.57. The lowest BCUT2D eigenvalue weighted by atomic mass is 9.95. The van der Waals surface area contributed by atoms with E-state index in [2.05, 4.69) is 114 Å². The summed E-state index contributed by atoms with van der Waals surface area (Å²) >= 11 is 0. The van der Waals surface area contributed by atoms with Gasteiger partial charge < -0.3 is 9.16 Å². The van der Waals surface area contributed by atoms with Crippen molar-refractivity contribution in [3.05, 3.63) is 0 Å². The zero-order valence-electron chi connectivity index (χ0n) is 22.5. The molecule has 0 aliphatic rings. The lowest BCUT2D eigenvalue weighted by Crippen LogP contribution is -2.38. The lowest BCUT2D eigenvalue weighted by Gasteiger charge is -2.24. The third-order valence-electron chi connectivity index (χ3n) is 4.09. The van der Waals surface area contributed by atoms with Crippen molar-refractivity contribution in [2.24, 2.45) is 5.41 Å². The standard InChI is InChI=1S/C32H31NO3Si/c1-8-10-11-12-13-14-15-16-17-18-19-20-21-22-23-24-26-33(31(34)32(3,4)5)27-29-35-28-25-30-37(6,7)36-9-2/h1H,9,25,27-30H2,2-7H3. The average molecular weight is 506 g/mol. The summed E-state index contributed by atoms with van der Waals surface area (Å²) in [5.74, 6) is 39.8. The summed E-state index contributed by atoms with van der Waals surface area (Å²) in [6.45, 7) is 14.1. The smallest absolute Gasteiger partial charge is 0.239 e. The highest BCUT2D eigenvalue weighted by Gasteiger charge is 2.26. The predicted octanol–water partition coefficient (Wildman–Crippen LogP) is 3.13. The number of hydrogen-bond acceptors (Lipinski definition) is 3. The Hall–Kier alpha value is -4.35. The second-order valence-corrected chi connectivity index (χ2v) is 13.1. The molecular weight excluding hydrogens is 474 g/mol. The molecule has 0 atom stereocenters. The van der Waals surface area contributed by atoms with E-state index in [4.69, 9.17) is 15.6 Å². The van der Waals surface area contributed by atoms with Crippen molar-refractivity contribution < 1.29 is 14.0 Å². The van der Waals surface area contributed by atoms with Crippen LogP contribution in [0, 0.1) is 113 Å². The molecule has 0 aromatic carbocycles. The number of nitrogens with zero attached hydrogens (tertiary/aromatic N) is 1. The Morgan fingerprint density at radius 2 is 1.24 bits per heavy atom. The molecule has 0 N–H and O–H groups in total. The second-order valence-electron chi connectivity index (χ2n) is 8.75. The van der Waals surface area contributed by atoms with Crippen molar-refractivity contribution in [1.29, 1.82) is 0 Å². The van der Waals surface area contributed by atoms with Gasteiger partial charge in [-0.15, -0.1) is 6.42 Å². The average Bonchev–Trinajstić information content (AvgIpc) is 2.83. The Bertz CT molecular complexity index is 1330. The summed E-state index contributed by atoms with van der Waals surface area (Å²) in [4.78, 5) is 14.1. The van der Waals surface area contributed by atoms with Crippen LogP contribution >= 0.6 is 0 Å². The molecule has 0 unspecified atom stereocenters.